The average molecular weight is 267 g/mol. The van der Waals surface area contributed by atoms with Gasteiger partial charge in [0, 0.05) is 6.04 Å². The third-order valence-corrected chi connectivity index (χ3v) is 5.27. The van der Waals surface area contributed by atoms with Crippen molar-refractivity contribution in [2.24, 2.45) is 11.8 Å². The van der Waals surface area contributed by atoms with E-state index in [9.17, 15) is 0 Å². The Morgan fingerprint density at radius 2 is 1.58 bits per heavy atom. The van der Waals surface area contributed by atoms with Crippen LogP contribution < -0.4 is 5.32 Å². The van der Waals surface area contributed by atoms with Crippen molar-refractivity contribution in [3.05, 3.63) is 0 Å². The molecular weight excluding hydrogens is 234 g/mol. The molecule has 2 rings (SSSR count). The summed E-state index contributed by atoms with van der Waals surface area (Å²) in [5.74, 6) is 1.89. The fourth-order valence-corrected chi connectivity index (χ4v) is 4.03. The summed E-state index contributed by atoms with van der Waals surface area (Å²) in [5, 5.41) is 3.81. The molecule has 1 heterocycles. The van der Waals surface area contributed by atoms with Gasteiger partial charge in [-0.1, -0.05) is 26.2 Å². The maximum atomic E-state index is 6.16. The highest BCUT2D eigenvalue weighted by Crippen LogP contribution is 2.37. The molecule has 2 fully saturated rings. The number of hydrogen-bond donors (Lipinski definition) is 1. The lowest BCUT2D eigenvalue weighted by atomic mass is 9.80. The molecule has 1 saturated heterocycles. The molecule has 0 bridgehead atoms. The second-order valence-corrected chi connectivity index (χ2v) is 7.93. The first-order valence-electron chi connectivity index (χ1n) is 8.26. The van der Waals surface area contributed by atoms with Crippen molar-refractivity contribution in [2.75, 3.05) is 6.54 Å². The van der Waals surface area contributed by atoms with E-state index in [2.05, 4.69) is 39.9 Å². The third-order valence-electron chi connectivity index (χ3n) is 5.27. The van der Waals surface area contributed by atoms with Gasteiger partial charge in [-0.05, 0) is 65.3 Å². The highest BCUT2D eigenvalue weighted by atomic mass is 16.5. The van der Waals surface area contributed by atoms with Crippen LogP contribution in [-0.2, 0) is 4.74 Å². The number of ether oxygens (including phenoxy) is 1. The summed E-state index contributed by atoms with van der Waals surface area (Å²) in [4.78, 5) is 0. The van der Waals surface area contributed by atoms with E-state index in [1.807, 2.05) is 0 Å². The Morgan fingerprint density at radius 3 is 2.05 bits per heavy atom. The minimum absolute atomic E-state index is 0.0237. The lowest BCUT2D eigenvalue weighted by molar-refractivity contribution is -0.0700. The van der Waals surface area contributed by atoms with Crippen molar-refractivity contribution in [3.8, 4) is 0 Å². The minimum Gasteiger partial charge on any atom is -0.368 e. The topological polar surface area (TPSA) is 21.3 Å². The molecule has 2 aliphatic rings. The summed E-state index contributed by atoms with van der Waals surface area (Å²) in [7, 11) is 0. The van der Waals surface area contributed by atoms with E-state index < -0.39 is 0 Å². The van der Waals surface area contributed by atoms with Gasteiger partial charge in [0.25, 0.3) is 0 Å². The summed E-state index contributed by atoms with van der Waals surface area (Å²) < 4.78 is 6.16. The molecule has 19 heavy (non-hydrogen) atoms. The number of hydrogen-bond acceptors (Lipinski definition) is 2. The Bertz CT molecular complexity index is 290. The summed E-state index contributed by atoms with van der Waals surface area (Å²) in [6.07, 6.45) is 8.23. The van der Waals surface area contributed by atoms with Crippen LogP contribution in [0, 0.1) is 11.8 Å². The minimum atomic E-state index is -0.0237. The molecule has 0 aromatic rings. The quantitative estimate of drug-likeness (QED) is 0.826. The van der Waals surface area contributed by atoms with Gasteiger partial charge < -0.3 is 10.1 Å². The predicted octanol–water partition coefficient (Wildman–Crippen LogP) is 4.14. The molecule has 0 radical (unpaired) electrons. The van der Waals surface area contributed by atoms with E-state index >= 15 is 0 Å². The molecule has 112 valence electrons. The van der Waals surface area contributed by atoms with Crippen LogP contribution in [0.15, 0.2) is 0 Å². The lowest BCUT2D eigenvalue weighted by Crippen LogP contribution is -2.45. The Morgan fingerprint density at radius 1 is 1.00 bits per heavy atom. The maximum Gasteiger partial charge on any atom is 0.0787 e. The Labute approximate surface area is 119 Å². The van der Waals surface area contributed by atoms with E-state index in [1.165, 1.54) is 38.6 Å². The maximum absolute atomic E-state index is 6.16. The van der Waals surface area contributed by atoms with E-state index in [-0.39, 0.29) is 11.2 Å². The molecule has 1 aliphatic heterocycles. The van der Waals surface area contributed by atoms with Crippen LogP contribution in [0.3, 0.4) is 0 Å². The second kappa shape index (κ2) is 5.73. The first-order valence-corrected chi connectivity index (χ1v) is 8.26. The zero-order valence-electron chi connectivity index (χ0n) is 13.6. The lowest BCUT2D eigenvalue weighted by Gasteiger charge is -2.32. The molecule has 0 aromatic heterocycles. The fraction of sp³-hybridized carbons (Fsp3) is 1.00. The van der Waals surface area contributed by atoms with Crippen molar-refractivity contribution < 1.29 is 4.74 Å². The van der Waals surface area contributed by atoms with Gasteiger partial charge in [-0.15, -0.1) is 0 Å². The molecule has 1 atom stereocenters. The van der Waals surface area contributed by atoms with Gasteiger partial charge in [0.1, 0.15) is 0 Å². The number of nitrogens with one attached hydrogen (secondary N) is 1. The van der Waals surface area contributed by atoms with Crippen molar-refractivity contribution in [1.82, 2.24) is 5.32 Å². The first kappa shape index (κ1) is 15.3. The zero-order chi connectivity index (χ0) is 14.1. The van der Waals surface area contributed by atoms with Gasteiger partial charge >= 0.3 is 0 Å². The van der Waals surface area contributed by atoms with E-state index in [1.54, 1.807) is 0 Å². The van der Waals surface area contributed by atoms with Crippen molar-refractivity contribution in [1.29, 1.82) is 0 Å². The van der Waals surface area contributed by atoms with Gasteiger partial charge in [0.2, 0.25) is 0 Å². The SMILES string of the molecule is CCC1CCC(CNC2CC(C)(C)OC2(C)C)CC1. The van der Waals surface area contributed by atoms with Gasteiger partial charge in [-0.3, -0.25) is 0 Å². The average Bonchev–Trinajstić information content (AvgIpc) is 2.55. The van der Waals surface area contributed by atoms with Gasteiger partial charge in [0.05, 0.1) is 11.2 Å². The molecule has 1 saturated carbocycles. The molecular formula is C17H33NO. The molecule has 1 unspecified atom stereocenters. The van der Waals surface area contributed by atoms with Crippen LogP contribution in [0.5, 0.6) is 0 Å². The van der Waals surface area contributed by atoms with Gasteiger partial charge in [0.15, 0.2) is 0 Å². The van der Waals surface area contributed by atoms with Crippen LogP contribution in [0.4, 0.5) is 0 Å². The smallest absolute Gasteiger partial charge is 0.0787 e. The zero-order valence-corrected chi connectivity index (χ0v) is 13.6. The Kier molecular flexibility index (Phi) is 4.62. The van der Waals surface area contributed by atoms with Crippen LogP contribution in [0.1, 0.15) is 73.1 Å². The van der Waals surface area contributed by atoms with Crippen LogP contribution in [0.25, 0.3) is 0 Å². The normalized spacial score (nSPS) is 37.4. The fourth-order valence-electron chi connectivity index (χ4n) is 4.03. The predicted molar refractivity (Wildman–Crippen MR) is 81.4 cm³/mol. The summed E-state index contributed by atoms with van der Waals surface area (Å²) >= 11 is 0. The summed E-state index contributed by atoms with van der Waals surface area (Å²) in [6, 6.07) is 0.506. The monoisotopic (exact) mass is 267 g/mol. The molecule has 1 aliphatic carbocycles. The molecule has 1 N–H and O–H groups in total. The molecule has 2 heteroatoms. The largest absolute Gasteiger partial charge is 0.368 e. The molecule has 0 spiro atoms. The van der Waals surface area contributed by atoms with Crippen molar-refractivity contribution in [3.63, 3.8) is 0 Å². The van der Waals surface area contributed by atoms with E-state index in [4.69, 9.17) is 4.74 Å². The van der Waals surface area contributed by atoms with Crippen LogP contribution >= 0.6 is 0 Å². The molecule has 0 aromatic carbocycles. The number of rotatable bonds is 4. The van der Waals surface area contributed by atoms with Gasteiger partial charge in [-0.2, -0.15) is 0 Å². The Hall–Kier alpha value is -0.0800. The van der Waals surface area contributed by atoms with Crippen molar-refractivity contribution in [2.45, 2.75) is 90.4 Å². The van der Waals surface area contributed by atoms with E-state index in [0.717, 1.165) is 18.3 Å². The van der Waals surface area contributed by atoms with Crippen molar-refractivity contribution >= 4 is 0 Å². The van der Waals surface area contributed by atoms with E-state index in [0.29, 0.717) is 6.04 Å². The second-order valence-electron chi connectivity index (χ2n) is 7.93. The highest BCUT2D eigenvalue weighted by molar-refractivity contribution is 4.99. The first-order chi connectivity index (χ1) is 8.82. The molecule has 0 amide bonds. The summed E-state index contributed by atoms with van der Waals surface area (Å²) in [5.41, 5.74) is 0.00512. The summed E-state index contributed by atoms with van der Waals surface area (Å²) in [6.45, 7) is 12.4. The van der Waals surface area contributed by atoms with Crippen LogP contribution in [0.2, 0.25) is 0 Å². The third kappa shape index (κ3) is 3.95. The van der Waals surface area contributed by atoms with Gasteiger partial charge in [-0.25, -0.2) is 0 Å². The highest BCUT2D eigenvalue weighted by Gasteiger charge is 2.45. The van der Waals surface area contributed by atoms with Crippen LogP contribution in [-0.4, -0.2) is 23.8 Å². The standard InChI is InChI=1S/C17H33NO/c1-6-13-7-9-14(10-8-13)12-18-15-11-16(2,3)19-17(15,4)5/h13-15,18H,6-12H2,1-5H3. The molecule has 2 nitrogen and oxygen atoms in total. The Balaban J connectivity index is 1.77.